The highest BCUT2D eigenvalue weighted by Gasteiger charge is 2.17. The Morgan fingerprint density at radius 2 is 1.91 bits per heavy atom. The fourth-order valence-corrected chi connectivity index (χ4v) is 3.96. The summed E-state index contributed by atoms with van der Waals surface area (Å²) in [5.74, 6) is 1.30. The Hall–Kier alpha value is -3.77. The molecule has 0 amide bonds. The number of carbonyl (C=O) groups excluding carboxylic acids is 1. The van der Waals surface area contributed by atoms with E-state index in [2.05, 4.69) is 47.3 Å². The van der Waals surface area contributed by atoms with Crippen LogP contribution in [0, 0.1) is 6.92 Å². The molecule has 6 nitrogen and oxygen atoms in total. The molecule has 4 rings (SSSR count). The fourth-order valence-electron chi connectivity index (χ4n) is 3.77. The van der Waals surface area contributed by atoms with E-state index in [4.69, 9.17) is 20.8 Å². The lowest BCUT2D eigenvalue weighted by Gasteiger charge is -2.24. The highest BCUT2D eigenvalue weighted by molar-refractivity contribution is 6.49. The maximum absolute atomic E-state index is 12.5. The summed E-state index contributed by atoms with van der Waals surface area (Å²) in [4.78, 5) is 19.1. The Bertz CT molecular complexity index is 1290. The fraction of sp³-hybridized carbons (Fsp3) is 0.214. The first-order valence-electron chi connectivity index (χ1n) is 11.5. The number of halogens is 1. The number of rotatable bonds is 9. The van der Waals surface area contributed by atoms with Gasteiger partial charge in [0.05, 0.1) is 17.8 Å². The molecule has 0 fully saturated rings. The molecule has 3 aromatic rings. The number of aliphatic imine (C=N–C) groups is 1. The Kier molecular flexibility index (Phi) is 7.73. The largest absolute Gasteiger partial charge is 0.470 e. The Morgan fingerprint density at radius 1 is 1.09 bits per heavy atom. The molecule has 0 saturated heterocycles. The molecule has 0 aliphatic heterocycles. The van der Waals surface area contributed by atoms with Gasteiger partial charge < -0.3 is 19.4 Å². The quantitative estimate of drug-likeness (QED) is 0.344. The van der Waals surface area contributed by atoms with Crippen LogP contribution in [0.25, 0.3) is 0 Å². The second kappa shape index (κ2) is 11.1. The number of nitrogens with one attached hydrogen (secondary N) is 1. The van der Waals surface area contributed by atoms with Gasteiger partial charge >= 0.3 is 0 Å². The molecule has 2 aromatic carbocycles. The van der Waals surface area contributed by atoms with Crippen LogP contribution in [-0.2, 0) is 11.3 Å². The lowest BCUT2D eigenvalue weighted by Crippen LogP contribution is -2.22. The molecule has 1 N–H and O–H groups in total. The maximum Gasteiger partial charge on any atom is 0.204 e. The zero-order chi connectivity index (χ0) is 24.8. The third-order valence-corrected chi connectivity index (χ3v) is 6.06. The van der Waals surface area contributed by atoms with E-state index in [9.17, 15) is 4.79 Å². The Balaban J connectivity index is 1.48. The van der Waals surface area contributed by atoms with E-state index < -0.39 is 0 Å². The number of nitrogens with zero attached hydrogens (tertiary/aromatic N) is 2. The van der Waals surface area contributed by atoms with E-state index in [-0.39, 0.29) is 12.5 Å². The van der Waals surface area contributed by atoms with Gasteiger partial charge in [0.1, 0.15) is 17.2 Å². The van der Waals surface area contributed by atoms with Crippen molar-refractivity contribution in [3.63, 3.8) is 0 Å². The number of anilines is 2. The molecular weight excluding hydrogens is 462 g/mol. The van der Waals surface area contributed by atoms with Crippen molar-refractivity contribution in [2.24, 2.45) is 4.99 Å². The van der Waals surface area contributed by atoms with E-state index in [1.54, 1.807) is 30.5 Å². The van der Waals surface area contributed by atoms with Crippen LogP contribution in [0.4, 0.5) is 11.4 Å². The van der Waals surface area contributed by atoms with Gasteiger partial charge in [0.15, 0.2) is 6.73 Å². The van der Waals surface area contributed by atoms with E-state index in [1.807, 2.05) is 31.2 Å². The SMILES string of the molecule is CCN(Cc1ccco1)c1ccc(NC2=C/C(=N\COc3ccccc3Cl)C(=O)C=C2C)c(C)c1. The van der Waals surface area contributed by atoms with Crippen LogP contribution in [-0.4, -0.2) is 24.8 Å². The smallest absolute Gasteiger partial charge is 0.204 e. The van der Waals surface area contributed by atoms with Gasteiger partial charge in [0, 0.05) is 23.6 Å². The molecule has 0 spiro atoms. The van der Waals surface area contributed by atoms with Crippen molar-refractivity contribution >= 4 is 34.5 Å². The maximum atomic E-state index is 12.5. The standard InChI is InChI=1S/C28H28ClN3O3/c1-4-32(17-22-8-7-13-34-22)21-11-12-24(19(2)14-21)31-25-16-26(27(33)15-20(25)3)30-18-35-28-10-6-5-9-23(28)29/h5-16,31H,4,17-18H2,1-3H3/b30-26+. The van der Waals surface area contributed by atoms with Crippen LogP contribution in [0.15, 0.2) is 93.7 Å². The summed E-state index contributed by atoms with van der Waals surface area (Å²) in [6.45, 7) is 7.65. The topological polar surface area (TPSA) is 67.1 Å². The van der Waals surface area contributed by atoms with Crippen molar-refractivity contribution in [3.8, 4) is 5.75 Å². The lowest BCUT2D eigenvalue weighted by molar-refractivity contribution is -0.108. The summed E-state index contributed by atoms with van der Waals surface area (Å²) < 4.78 is 11.1. The van der Waals surface area contributed by atoms with Crippen LogP contribution >= 0.6 is 11.6 Å². The van der Waals surface area contributed by atoms with Gasteiger partial charge in [0.2, 0.25) is 5.78 Å². The zero-order valence-corrected chi connectivity index (χ0v) is 20.8. The summed E-state index contributed by atoms with van der Waals surface area (Å²) in [6, 6.07) is 17.3. The molecule has 180 valence electrons. The van der Waals surface area contributed by atoms with E-state index in [1.165, 1.54) is 0 Å². The number of aryl methyl sites for hydroxylation is 1. The molecule has 0 atom stereocenters. The minimum atomic E-state index is -0.153. The number of ketones is 1. The van der Waals surface area contributed by atoms with Crippen molar-refractivity contribution in [1.29, 1.82) is 0 Å². The number of ether oxygens (including phenoxy) is 1. The van der Waals surface area contributed by atoms with Crippen LogP contribution in [0.1, 0.15) is 25.2 Å². The number of furan rings is 1. The van der Waals surface area contributed by atoms with Gasteiger partial charge in [-0.2, -0.15) is 0 Å². The molecule has 0 saturated carbocycles. The second-order valence-electron chi connectivity index (χ2n) is 8.21. The minimum Gasteiger partial charge on any atom is -0.470 e. The van der Waals surface area contributed by atoms with Crippen molar-refractivity contribution in [2.75, 3.05) is 23.5 Å². The normalized spacial score (nSPS) is 14.5. The molecule has 35 heavy (non-hydrogen) atoms. The van der Waals surface area contributed by atoms with Crippen molar-refractivity contribution in [1.82, 2.24) is 0 Å². The average Bonchev–Trinajstić information content (AvgIpc) is 3.36. The van der Waals surface area contributed by atoms with Gasteiger partial charge in [-0.1, -0.05) is 23.7 Å². The zero-order valence-electron chi connectivity index (χ0n) is 20.0. The monoisotopic (exact) mass is 489 g/mol. The summed E-state index contributed by atoms with van der Waals surface area (Å²) in [7, 11) is 0. The van der Waals surface area contributed by atoms with Gasteiger partial charge in [-0.25, -0.2) is 4.99 Å². The van der Waals surface area contributed by atoms with Crippen LogP contribution in [0.3, 0.4) is 0 Å². The molecule has 1 aliphatic carbocycles. The van der Waals surface area contributed by atoms with Crippen LogP contribution in [0.5, 0.6) is 5.75 Å². The number of allylic oxidation sites excluding steroid dienone is 3. The molecular formula is C28H28ClN3O3. The third-order valence-electron chi connectivity index (χ3n) is 5.75. The Morgan fingerprint density at radius 3 is 2.63 bits per heavy atom. The van der Waals surface area contributed by atoms with Gasteiger partial charge in [0.25, 0.3) is 0 Å². The van der Waals surface area contributed by atoms with Crippen molar-refractivity contribution in [3.05, 3.63) is 101 Å². The molecule has 1 aromatic heterocycles. The minimum absolute atomic E-state index is 0.00226. The first kappa shape index (κ1) is 24.4. The third kappa shape index (κ3) is 6.03. The summed E-state index contributed by atoms with van der Waals surface area (Å²) in [5.41, 5.74) is 5.16. The average molecular weight is 490 g/mol. The van der Waals surface area contributed by atoms with E-state index in [0.29, 0.717) is 23.0 Å². The van der Waals surface area contributed by atoms with Crippen molar-refractivity contribution in [2.45, 2.75) is 27.3 Å². The summed E-state index contributed by atoms with van der Waals surface area (Å²) >= 11 is 6.12. The van der Waals surface area contributed by atoms with Crippen molar-refractivity contribution < 1.29 is 13.9 Å². The predicted molar refractivity (Wildman–Crippen MR) is 141 cm³/mol. The number of para-hydroxylation sites is 1. The summed E-state index contributed by atoms with van der Waals surface area (Å²) in [6.07, 6.45) is 5.04. The predicted octanol–water partition coefficient (Wildman–Crippen LogP) is 6.57. The van der Waals surface area contributed by atoms with Gasteiger partial charge in [-0.3, -0.25) is 4.79 Å². The lowest BCUT2D eigenvalue weighted by atomic mass is 10.0. The van der Waals surface area contributed by atoms with Gasteiger partial charge in [-0.15, -0.1) is 0 Å². The number of carbonyl (C=O) groups is 1. The summed E-state index contributed by atoms with van der Waals surface area (Å²) in [5, 5.41) is 3.96. The van der Waals surface area contributed by atoms with Crippen LogP contribution in [0.2, 0.25) is 5.02 Å². The highest BCUT2D eigenvalue weighted by Crippen LogP contribution is 2.27. The Labute approximate surface area is 210 Å². The molecule has 0 bridgehead atoms. The molecule has 1 heterocycles. The first-order valence-corrected chi connectivity index (χ1v) is 11.8. The van der Waals surface area contributed by atoms with Gasteiger partial charge in [-0.05, 0) is 86.5 Å². The second-order valence-corrected chi connectivity index (χ2v) is 8.62. The van der Waals surface area contributed by atoms with E-state index >= 15 is 0 Å². The van der Waals surface area contributed by atoms with E-state index in [0.717, 1.165) is 40.5 Å². The molecule has 0 unspecified atom stereocenters. The number of benzene rings is 2. The molecule has 0 radical (unpaired) electrons. The first-order chi connectivity index (χ1) is 16.9. The molecule has 1 aliphatic rings. The number of hydrogen-bond donors (Lipinski definition) is 1. The van der Waals surface area contributed by atoms with Crippen LogP contribution < -0.4 is 15.0 Å². The highest BCUT2D eigenvalue weighted by atomic mass is 35.5. The molecule has 7 heteroatoms. The number of hydrogen-bond acceptors (Lipinski definition) is 6.